The largest absolute Gasteiger partial charge is 0.389 e. The van der Waals surface area contributed by atoms with Gasteiger partial charge in [-0.2, -0.15) is 0 Å². The Morgan fingerprint density at radius 1 is 1.43 bits per heavy atom. The van der Waals surface area contributed by atoms with Crippen LogP contribution in [0.25, 0.3) is 0 Å². The first-order valence-electron chi connectivity index (χ1n) is 6.55. The molecule has 0 amide bonds. The van der Waals surface area contributed by atoms with E-state index in [9.17, 15) is 8.42 Å². The van der Waals surface area contributed by atoms with E-state index < -0.39 is 10.0 Å². The number of ether oxygens (including phenoxy) is 1. The zero-order valence-electron chi connectivity index (χ0n) is 11.8. The molecule has 1 aromatic rings. The minimum Gasteiger partial charge on any atom is -0.389 e. The van der Waals surface area contributed by atoms with Gasteiger partial charge in [-0.15, -0.1) is 0 Å². The first-order valence-corrected chi connectivity index (χ1v) is 8.82. The van der Waals surface area contributed by atoms with Gasteiger partial charge < -0.3 is 10.5 Å². The molecule has 1 aromatic carbocycles. The number of thiocarbonyl (C=S) groups is 1. The van der Waals surface area contributed by atoms with Crippen molar-refractivity contribution in [1.29, 1.82) is 0 Å². The number of nitrogens with one attached hydrogen (secondary N) is 1. The monoisotopic (exact) mass is 350 g/mol. The van der Waals surface area contributed by atoms with Crippen LogP contribution in [0.4, 0.5) is 0 Å². The smallest absolute Gasteiger partial charge is 0.240 e. The van der Waals surface area contributed by atoms with Gasteiger partial charge in [0.25, 0.3) is 0 Å². The minimum absolute atomic E-state index is 0.0704. The number of nitrogens with two attached hydrogens (primary N) is 1. The number of benzene rings is 1. The summed E-state index contributed by atoms with van der Waals surface area (Å²) in [6, 6.07) is 4.24. The number of sulfonamides is 1. The summed E-state index contributed by atoms with van der Waals surface area (Å²) in [4.78, 5) is 0.197. The SMILES string of the molecule is CCCCOCCNS(=O)(=O)c1ccc(C(N)=S)c(Cl)c1. The molecular weight excluding hydrogens is 332 g/mol. The van der Waals surface area contributed by atoms with Crippen molar-refractivity contribution in [1.82, 2.24) is 4.72 Å². The first kappa shape index (κ1) is 18.3. The van der Waals surface area contributed by atoms with Crippen LogP contribution in [0.5, 0.6) is 0 Å². The van der Waals surface area contributed by atoms with E-state index in [4.69, 9.17) is 34.3 Å². The van der Waals surface area contributed by atoms with E-state index in [1.807, 2.05) is 0 Å². The first-order chi connectivity index (χ1) is 9.88. The van der Waals surface area contributed by atoms with Crippen molar-refractivity contribution >= 4 is 38.8 Å². The van der Waals surface area contributed by atoms with Crippen LogP contribution in [-0.4, -0.2) is 33.2 Å². The number of halogens is 1. The van der Waals surface area contributed by atoms with Crippen molar-refractivity contribution in [2.24, 2.45) is 5.73 Å². The zero-order valence-corrected chi connectivity index (χ0v) is 14.2. The normalized spacial score (nSPS) is 11.5. The number of unbranched alkanes of at least 4 members (excludes halogenated alkanes) is 1. The molecule has 0 heterocycles. The van der Waals surface area contributed by atoms with Crippen LogP contribution in [0.2, 0.25) is 5.02 Å². The second-order valence-corrected chi connectivity index (χ2v) is 6.98. The average Bonchev–Trinajstić information content (AvgIpc) is 2.42. The number of hydrogen-bond donors (Lipinski definition) is 2. The third-order valence-corrected chi connectivity index (χ3v) is 4.69. The van der Waals surface area contributed by atoms with Crippen molar-refractivity contribution in [3.63, 3.8) is 0 Å². The summed E-state index contributed by atoms with van der Waals surface area (Å²) in [5.41, 5.74) is 5.93. The van der Waals surface area contributed by atoms with Crippen LogP contribution in [0.3, 0.4) is 0 Å². The van der Waals surface area contributed by atoms with Gasteiger partial charge >= 0.3 is 0 Å². The molecule has 8 heteroatoms. The molecule has 0 saturated carbocycles. The Labute approximate surface area is 135 Å². The van der Waals surface area contributed by atoms with Gasteiger partial charge in [0.15, 0.2) is 0 Å². The van der Waals surface area contributed by atoms with E-state index in [1.54, 1.807) is 0 Å². The average molecular weight is 351 g/mol. The molecule has 118 valence electrons. The van der Waals surface area contributed by atoms with Crippen molar-refractivity contribution < 1.29 is 13.2 Å². The van der Waals surface area contributed by atoms with Gasteiger partial charge in [-0.3, -0.25) is 0 Å². The molecule has 1 rings (SSSR count). The van der Waals surface area contributed by atoms with Gasteiger partial charge in [-0.05, 0) is 24.6 Å². The molecule has 0 aromatic heterocycles. The lowest BCUT2D eigenvalue weighted by Crippen LogP contribution is -2.27. The highest BCUT2D eigenvalue weighted by Crippen LogP contribution is 2.20. The lowest BCUT2D eigenvalue weighted by Gasteiger charge is -2.09. The molecule has 0 saturated heterocycles. The zero-order chi connectivity index (χ0) is 15.9. The highest BCUT2D eigenvalue weighted by molar-refractivity contribution is 7.89. The van der Waals surface area contributed by atoms with Crippen molar-refractivity contribution in [3.05, 3.63) is 28.8 Å². The predicted octanol–water partition coefficient (Wildman–Crippen LogP) is 2.07. The maximum atomic E-state index is 12.1. The molecule has 3 N–H and O–H groups in total. The van der Waals surface area contributed by atoms with Gasteiger partial charge in [0.1, 0.15) is 4.99 Å². The van der Waals surface area contributed by atoms with Crippen LogP contribution in [0.15, 0.2) is 23.1 Å². The Kier molecular flexibility index (Phi) is 7.55. The quantitative estimate of drug-likeness (QED) is 0.526. The Hall–Kier alpha value is -0.730. The molecule has 21 heavy (non-hydrogen) atoms. The van der Waals surface area contributed by atoms with Crippen molar-refractivity contribution in [2.75, 3.05) is 19.8 Å². The van der Waals surface area contributed by atoms with E-state index in [2.05, 4.69) is 11.6 Å². The van der Waals surface area contributed by atoms with Gasteiger partial charge in [-0.25, -0.2) is 13.1 Å². The topological polar surface area (TPSA) is 81.4 Å². The Morgan fingerprint density at radius 3 is 2.71 bits per heavy atom. The lowest BCUT2D eigenvalue weighted by atomic mass is 10.2. The van der Waals surface area contributed by atoms with Crippen LogP contribution < -0.4 is 10.5 Å². The number of rotatable bonds is 9. The fraction of sp³-hybridized carbons (Fsp3) is 0.462. The van der Waals surface area contributed by atoms with E-state index in [-0.39, 0.29) is 21.5 Å². The summed E-state index contributed by atoms with van der Waals surface area (Å²) in [6.07, 6.45) is 2.00. The Bertz CT molecular complexity index is 591. The summed E-state index contributed by atoms with van der Waals surface area (Å²) >= 11 is 10.8. The van der Waals surface area contributed by atoms with Crippen LogP contribution in [0, 0.1) is 0 Å². The van der Waals surface area contributed by atoms with Gasteiger partial charge in [0.2, 0.25) is 10.0 Å². The molecule has 0 fully saturated rings. The molecule has 0 spiro atoms. The van der Waals surface area contributed by atoms with E-state index in [0.717, 1.165) is 12.8 Å². The standard InChI is InChI=1S/C13H19ClN2O3S2/c1-2-3-7-19-8-6-16-21(17,18)10-4-5-11(13(15)20)12(14)9-10/h4-5,9,16H,2-3,6-8H2,1H3,(H2,15,20). The summed E-state index contributed by atoms with van der Waals surface area (Å²) < 4.78 is 31.9. The summed E-state index contributed by atoms with van der Waals surface area (Å²) in [5, 5.41) is 0.213. The molecule has 0 radical (unpaired) electrons. The van der Waals surface area contributed by atoms with Crippen LogP contribution in [-0.2, 0) is 14.8 Å². The fourth-order valence-corrected chi connectivity index (χ4v) is 3.16. The molecule has 0 atom stereocenters. The molecule has 0 aliphatic rings. The lowest BCUT2D eigenvalue weighted by molar-refractivity contribution is 0.136. The van der Waals surface area contributed by atoms with Gasteiger partial charge in [0.05, 0.1) is 16.5 Å². The van der Waals surface area contributed by atoms with E-state index >= 15 is 0 Å². The Morgan fingerprint density at radius 2 is 2.14 bits per heavy atom. The second-order valence-electron chi connectivity index (χ2n) is 4.37. The number of hydrogen-bond acceptors (Lipinski definition) is 4. The maximum absolute atomic E-state index is 12.1. The van der Waals surface area contributed by atoms with E-state index in [0.29, 0.717) is 18.8 Å². The van der Waals surface area contributed by atoms with Gasteiger partial charge in [-0.1, -0.05) is 37.2 Å². The molecule has 0 aliphatic carbocycles. The Balaban J connectivity index is 2.62. The summed E-state index contributed by atoms with van der Waals surface area (Å²) in [7, 11) is -3.62. The highest BCUT2D eigenvalue weighted by atomic mass is 35.5. The summed E-state index contributed by atoms with van der Waals surface area (Å²) in [5.74, 6) is 0. The molecular formula is C13H19ClN2O3S2. The van der Waals surface area contributed by atoms with Crippen molar-refractivity contribution in [2.45, 2.75) is 24.7 Å². The molecule has 0 bridgehead atoms. The second kappa shape index (κ2) is 8.65. The van der Waals surface area contributed by atoms with Crippen molar-refractivity contribution in [3.8, 4) is 0 Å². The van der Waals surface area contributed by atoms with E-state index in [1.165, 1.54) is 18.2 Å². The minimum atomic E-state index is -3.62. The molecule has 5 nitrogen and oxygen atoms in total. The predicted molar refractivity (Wildman–Crippen MR) is 88.3 cm³/mol. The third kappa shape index (κ3) is 5.88. The fourth-order valence-electron chi connectivity index (χ4n) is 1.54. The maximum Gasteiger partial charge on any atom is 0.240 e. The third-order valence-electron chi connectivity index (χ3n) is 2.70. The van der Waals surface area contributed by atoms with Gasteiger partial charge in [0, 0.05) is 18.7 Å². The van der Waals surface area contributed by atoms with Crippen LogP contribution >= 0.6 is 23.8 Å². The highest BCUT2D eigenvalue weighted by Gasteiger charge is 2.15. The summed E-state index contributed by atoms with van der Waals surface area (Å²) in [6.45, 7) is 3.23. The molecule has 0 aliphatic heterocycles. The van der Waals surface area contributed by atoms with Crippen LogP contribution in [0.1, 0.15) is 25.3 Å². The molecule has 0 unspecified atom stereocenters.